The van der Waals surface area contributed by atoms with Crippen molar-refractivity contribution in [1.82, 2.24) is 0 Å². The summed E-state index contributed by atoms with van der Waals surface area (Å²) in [5.41, 5.74) is 0.264. The number of alkyl halides is 1. The van der Waals surface area contributed by atoms with Gasteiger partial charge in [0.1, 0.15) is 0 Å². The van der Waals surface area contributed by atoms with E-state index in [0.29, 0.717) is 10.6 Å². The van der Waals surface area contributed by atoms with Crippen molar-refractivity contribution in [3.8, 4) is 0 Å². The Bertz CT molecular complexity index is 629. The minimum atomic E-state index is -1.55. The third-order valence-electron chi connectivity index (χ3n) is 2.57. The number of hydrogen-bond acceptors (Lipinski definition) is 0. The van der Waals surface area contributed by atoms with E-state index in [4.69, 9.17) is 34.8 Å². The first kappa shape index (κ1) is 14.5. The predicted molar refractivity (Wildman–Crippen MR) is 70.5 cm³/mol. The smallest absolute Gasteiger partial charge is 0.194 e. The van der Waals surface area contributed by atoms with Crippen molar-refractivity contribution in [1.29, 1.82) is 0 Å². The first-order valence-electron chi connectivity index (χ1n) is 5.14. The van der Waals surface area contributed by atoms with Gasteiger partial charge in [-0.3, -0.25) is 0 Å². The van der Waals surface area contributed by atoms with Gasteiger partial charge < -0.3 is 0 Å². The molecular weight excluding hydrogens is 319 g/mol. The largest absolute Gasteiger partial charge is 0.204 e. The second kappa shape index (κ2) is 5.61. The summed E-state index contributed by atoms with van der Waals surface area (Å²) in [5.74, 6) is -4.13. The van der Waals surface area contributed by atoms with E-state index in [1.807, 2.05) is 0 Å². The molecule has 19 heavy (non-hydrogen) atoms. The van der Waals surface area contributed by atoms with Crippen molar-refractivity contribution in [3.05, 3.63) is 69.0 Å². The van der Waals surface area contributed by atoms with Gasteiger partial charge in [0.15, 0.2) is 17.5 Å². The summed E-state index contributed by atoms with van der Waals surface area (Å²) in [5, 5.41) is -0.433. The summed E-state index contributed by atoms with van der Waals surface area (Å²) in [7, 11) is 0. The molecule has 0 aliphatic rings. The topological polar surface area (TPSA) is 0 Å². The van der Waals surface area contributed by atoms with Gasteiger partial charge in [0.2, 0.25) is 0 Å². The average molecular weight is 326 g/mol. The van der Waals surface area contributed by atoms with Gasteiger partial charge in [0.25, 0.3) is 0 Å². The van der Waals surface area contributed by atoms with Crippen molar-refractivity contribution in [2.24, 2.45) is 0 Å². The molecule has 0 bridgehead atoms. The molecule has 0 aromatic heterocycles. The van der Waals surface area contributed by atoms with Gasteiger partial charge in [-0.05, 0) is 23.8 Å². The molecule has 0 fully saturated rings. The number of halogens is 6. The normalized spacial score (nSPS) is 12.5. The zero-order chi connectivity index (χ0) is 14.2. The van der Waals surface area contributed by atoms with Gasteiger partial charge >= 0.3 is 0 Å². The van der Waals surface area contributed by atoms with Crippen molar-refractivity contribution in [2.45, 2.75) is 5.38 Å². The first-order chi connectivity index (χ1) is 8.91. The van der Waals surface area contributed by atoms with Crippen LogP contribution in [0.5, 0.6) is 0 Å². The molecule has 0 aliphatic carbocycles. The minimum absolute atomic E-state index is 0.168. The molecule has 0 spiro atoms. The lowest BCUT2D eigenvalue weighted by Crippen LogP contribution is -2.01. The van der Waals surface area contributed by atoms with Crippen LogP contribution in [0.15, 0.2) is 30.3 Å². The lowest BCUT2D eigenvalue weighted by molar-refractivity contribution is 0.441. The zero-order valence-corrected chi connectivity index (χ0v) is 11.5. The van der Waals surface area contributed by atoms with E-state index in [1.54, 1.807) is 0 Å². The summed E-state index contributed by atoms with van der Waals surface area (Å²) < 4.78 is 39.6. The maximum absolute atomic E-state index is 13.6. The molecule has 0 amide bonds. The highest BCUT2D eigenvalue weighted by Crippen LogP contribution is 2.34. The van der Waals surface area contributed by atoms with Gasteiger partial charge in [0.05, 0.1) is 15.4 Å². The Morgan fingerprint density at radius 2 is 1.53 bits per heavy atom. The van der Waals surface area contributed by atoms with E-state index in [0.717, 1.165) is 12.1 Å². The Labute approximate surface area is 122 Å². The predicted octanol–water partition coefficient (Wildman–Crippen LogP) is 5.74. The molecule has 2 aromatic rings. The number of hydrogen-bond donors (Lipinski definition) is 0. The Hall–Kier alpha value is -0.900. The third kappa shape index (κ3) is 2.83. The van der Waals surface area contributed by atoms with Gasteiger partial charge in [-0.25, -0.2) is 13.2 Å². The van der Waals surface area contributed by atoms with Crippen molar-refractivity contribution < 1.29 is 13.2 Å². The molecule has 6 heteroatoms. The highest BCUT2D eigenvalue weighted by molar-refractivity contribution is 6.42. The number of benzene rings is 2. The Balaban J connectivity index is 2.47. The fourth-order valence-electron chi connectivity index (χ4n) is 1.59. The van der Waals surface area contributed by atoms with E-state index in [9.17, 15) is 13.2 Å². The van der Waals surface area contributed by atoms with Crippen molar-refractivity contribution >= 4 is 34.8 Å². The lowest BCUT2D eigenvalue weighted by Gasteiger charge is -2.12. The minimum Gasteiger partial charge on any atom is -0.204 e. The molecule has 1 unspecified atom stereocenters. The summed E-state index contributed by atoms with van der Waals surface area (Å²) >= 11 is 17.6. The van der Waals surface area contributed by atoms with Gasteiger partial charge in [-0.1, -0.05) is 35.3 Å². The van der Waals surface area contributed by atoms with Gasteiger partial charge in [0, 0.05) is 5.56 Å². The van der Waals surface area contributed by atoms with Crippen molar-refractivity contribution in [2.75, 3.05) is 0 Å². The third-order valence-corrected chi connectivity index (χ3v) is 3.80. The van der Waals surface area contributed by atoms with Crippen molar-refractivity contribution in [3.63, 3.8) is 0 Å². The molecule has 0 heterocycles. The summed E-state index contributed by atoms with van der Waals surface area (Å²) in [4.78, 5) is 0. The first-order valence-corrected chi connectivity index (χ1v) is 6.33. The highest BCUT2D eigenvalue weighted by atomic mass is 35.5. The Morgan fingerprint density at radius 3 is 2.16 bits per heavy atom. The average Bonchev–Trinajstić information content (AvgIpc) is 2.39. The van der Waals surface area contributed by atoms with Crippen LogP contribution < -0.4 is 0 Å². The molecule has 0 radical (unpaired) electrons. The lowest BCUT2D eigenvalue weighted by atomic mass is 10.0. The standard InChI is InChI=1S/C13H6Cl3F3/c14-8-3-1-6(5-9(8)15)11(16)7-2-4-10(17)13(19)12(7)18/h1-5,11H. The molecule has 0 N–H and O–H groups in total. The monoisotopic (exact) mass is 324 g/mol. The fraction of sp³-hybridized carbons (Fsp3) is 0.0769. The van der Waals surface area contributed by atoms with E-state index in [2.05, 4.69) is 0 Å². The van der Waals surface area contributed by atoms with Crippen LogP contribution in [0.4, 0.5) is 13.2 Å². The zero-order valence-electron chi connectivity index (χ0n) is 9.23. The molecule has 2 rings (SSSR count). The molecule has 1 atom stereocenters. The maximum Gasteiger partial charge on any atom is 0.194 e. The fourth-order valence-corrected chi connectivity index (χ4v) is 2.20. The Kier molecular flexibility index (Phi) is 4.29. The van der Waals surface area contributed by atoms with Crippen LogP contribution in [0.25, 0.3) is 0 Å². The van der Waals surface area contributed by atoms with Gasteiger partial charge in [-0.2, -0.15) is 0 Å². The molecule has 0 saturated heterocycles. The van der Waals surface area contributed by atoms with Crippen LogP contribution in [-0.2, 0) is 0 Å². The quantitative estimate of drug-likeness (QED) is 0.488. The second-order valence-electron chi connectivity index (χ2n) is 3.80. The van der Waals surface area contributed by atoms with E-state index < -0.39 is 22.8 Å². The molecule has 100 valence electrons. The highest BCUT2D eigenvalue weighted by Gasteiger charge is 2.21. The van der Waals surface area contributed by atoms with E-state index in [-0.39, 0.29) is 10.6 Å². The summed E-state index contributed by atoms with van der Waals surface area (Å²) in [6.45, 7) is 0. The maximum atomic E-state index is 13.6. The summed E-state index contributed by atoms with van der Waals surface area (Å²) in [6.07, 6.45) is 0. The Morgan fingerprint density at radius 1 is 0.842 bits per heavy atom. The molecule has 0 aliphatic heterocycles. The number of rotatable bonds is 2. The van der Waals surface area contributed by atoms with Crippen LogP contribution >= 0.6 is 34.8 Å². The van der Waals surface area contributed by atoms with E-state index in [1.165, 1.54) is 18.2 Å². The summed E-state index contributed by atoms with van der Waals surface area (Å²) in [6, 6.07) is 6.38. The van der Waals surface area contributed by atoms with Crippen LogP contribution in [0, 0.1) is 17.5 Å². The SMILES string of the molecule is Fc1ccc(C(Cl)c2ccc(Cl)c(Cl)c2)c(F)c1F. The van der Waals surface area contributed by atoms with Gasteiger partial charge in [-0.15, -0.1) is 11.6 Å². The molecule has 2 aromatic carbocycles. The molecule has 0 nitrogen and oxygen atoms in total. The van der Waals surface area contributed by atoms with Crippen LogP contribution in [-0.4, -0.2) is 0 Å². The van der Waals surface area contributed by atoms with Crippen LogP contribution in [0.1, 0.15) is 16.5 Å². The molecule has 0 saturated carbocycles. The van der Waals surface area contributed by atoms with E-state index >= 15 is 0 Å². The second-order valence-corrected chi connectivity index (χ2v) is 5.05. The van der Waals surface area contributed by atoms with Crippen LogP contribution in [0.2, 0.25) is 10.0 Å². The van der Waals surface area contributed by atoms with Crippen LogP contribution in [0.3, 0.4) is 0 Å². The molecular formula is C13H6Cl3F3.